The van der Waals surface area contributed by atoms with Crippen LogP contribution in [0.3, 0.4) is 0 Å². The largest absolute Gasteiger partial charge is 0.748 e. The van der Waals surface area contributed by atoms with E-state index in [1.165, 1.54) is 44.9 Å². The highest BCUT2D eigenvalue weighted by Crippen LogP contribution is 2.27. The molecule has 28 heavy (non-hydrogen) atoms. The summed E-state index contributed by atoms with van der Waals surface area (Å²) in [6, 6.07) is 0.428. The molecule has 0 radical (unpaired) electrons. The molecule has 0 spiro atoms. The molecule has 0 bridgehead atoms. The highest BCUT2D eigenvalue weighted by atomic mass is 32.2. The van der Waals surface area contributed by atoms with E-state index in [4.69, 9.17) is 4.74 Å². The van der Waals surface area contributed by atoms with E-state index >= 15 is 0 Å². The number of likely N-dealkylation sites (tertiary alicyclic amines) is 1. The van der Waals surface area contributed by atoms with Crippen molar-refractivity contribution >= 4 is 10.1 Å². The number of hydrogen-bond acceptors (Lipinski definition) is 4. The smallest absolute Gasteiger partial charge is 0.113 e. The molecule has 1 aliphatic rings. The molecule has 1 aliphatic heterocycles. The highest BCUT2D eigenvalue weighted by Gasteiger charge is 2.38. The average Bonchev–Trinajstić information content (AvgIpc) is 2.99. The van der Waals surface area contributed by atoms with Crippen molar-refractivity contribution in [1.29, 1.82) is 0 Å². The molecule has 5 nitrogen and oxygen atoms in total. The summed E-state index contributed by atoms with van der Waals surface area (Å²) in [6.07, 6.45) is 15.5. The minimum atomic E-state index is -4.21. The normalized spacial score (nSPS) is 23.9. The van der Waals surface area contributed by atoms with E-state index in [0.717, 1.165) is 49.7 Å². The van der Waals surface area contributed by atoms with Crippen molar-refractivity contribution in [2.75, 3.05) is 33.9 Å². The van der Waals surface area contributed by atoms with Gasteiger partial charge < -0.3 is 13.8 Å². The third kappa shape index (κ3) is 10.0. The Morgan fingerprint density at radius 3 is 2.11 bits per heavy atom. The Morgan fingerprint density at radius 1 is 1.00 bits per heavy atom. The highest BCUT2D eigenvalue weighted by molar-refractivity contribution is 7.86. The molecule has 0 aromatic carbocycles. The summed E-state index contributed by atoms with van der Waals surface area (Å²) < 4.78 is 41.4. The zero-order valence-electron chi connectivity index (χ0n) is 18.7. The number of ether oxygens (including phenoxy) is 1. The predicted octanol–water partition coefficient (Wildman–Crippen LogP) is 4.86. The Kier molecular flexibility index (Phi) is 12.9. The number of nitrogens with zero attached hydrogens (tertiary/aromatic N) is 1. The standard InChI is InChI=1S/C22H45NO4S/c1-4-5-6-7-8-9-10-11-12-13-16-22(28(24,25)26)17-19-23(2)18-14-15-21(23)20-27-3/h21-22H,4-20H2,1-3H3/t21-,22?,23?/m0/s1. The molecule has 2 unspecified atom stereocenters. The first kappa shape index (κ1) is 25.9. The molecule has 0 amide bonds. The molecule has 0 aliphatic carbocycles. The fourth-order valence-electron chi connectivity index (χ4n) is 4.66. The first-order valence-corrected chi connectivity index (χ1v) is 13.1. The summed E-state index contributed by atoms with van der Waals surface area (Å²) in [6.45, 7) is 4.76. The van der Waals surface area contributed by atoms with Gasteiger partial charge in [0.2, 0.25) is 0 Å². The Labute approximate surface area is 174 Å². The lowest BCUT2D eigenvalue weighted by Crippen LogP contribution is -2.51. The quantitative estimate of drug-likeness (QED) is 0.192. The van der Waals surface area contributed by atoms with Crippen LogP contribution in [-0.2, 0) is 14.9 Å². The van der Waals surface area contributed by atoms with Gasteiger partial charge in [0.1, 0.15) is 6.04 Å². The van der Waals surface area contributed by atoms with Crippen LogP contribution in [0.5, 0.6) is 0 Å². The molecule has 0 N–H and O–H groups in total. The van der Waals surface area contributed by atoms with Crippen molar-refractivity contribution in [2.24, 2.45) is 0 Å². The Hall–Kier alpha value is -0.170. The van der Waals surface area contributed by atoms with Gasteiger partial charge in [0.15, 0.2) is 0 Å². The van der Waals surface area contributed by atoms with Crippen molar-refractivity contribution < 1.29 is 22.2 Å². The molecule has 3 atom stereocenters. The van der Waals surface area contributed by atoms with Gasteiger partial charge in [-0.2, -0.15) is 0 Å². The summed E-state index contributed by atoms with van der Waals surface area (Å²) in [7, 11) is -0.307. The summed E-state index contributed by atoms with van der Waals surface area (Å²) >= 11 is 0. The monoisotopic (exact) mass is 419 g/mol. The maximum absolute atomic E-state index is 11.8. The van der Waals surface area contributed by atoms with Crippen LogP contribution in [0, 0.1) is 0 Å². The molecule has 0 aromatic rings. The van der Waals surface area contributed by atoms with Gasteiger partial charge in [0.25, 0.3) is 0 Å². The van der Waals surface area contributed by atoms with E-state index in [0.29, 0.717) is 25.5 Å². The lowest BCUT2D eigenvalue weighted by molar-refractivity contribution is -0.921. The maximum atomic E-state index is 11.8. The van der Waals surface area contributed by atoms with Gasteiger partial charge in [-0.15, -0.1) is 0 Å². The van der Waals surface area contributed by atoms with Crippen LogP contribution >= 0.6 is 0 Å². The van der Waals surface area contributed by atoms with Crippen LogP contribution in [-0.4, -0.2) is 62.6 Å². The van der Waals surface area contributed by atoms with Crippen molar-refractivity contribution in [3.63, 3.8) is 0 Å². The molecule has 1 heterocycles. The summed E-state index contributed by atoms with van der Waals surface area (Å²) in [5, 5.41) is -0.722. The van der Waals surface area contributed by atoms with Crippen molar-refractivity contribution in [2.45, 2.75) is 108 Å². The molecular formula is C22H45NO4S. The molecule has 1 rings (SSSR count). The van der Waals surface area contributed by atoms with Gasteiger partial charge >= 0.3 is 0 Å². The van der Waals surface area contributed by atoms with Crippen molar-refractivity contribution in [1.82, 2.24) is 0 Å². The second-order valence-corrected chi connectivity index (χ2v) is 10.7. The van der Waals surface area contributed by atoms with Crippen LogP contribution < -0.4 is 0 Å². The number of likely N-dealkylation sites (N-methyl/N-ethyl adjacent to an activating group) is 1. The summed E-state index contributed by atoms with van der Waals surface area (Å²) in [5.41, 5.74) is 0. The van der Waals surface area contributed by atoms with E-state index in [2.05, 4.69) is 14.0 Å². The van der Waals surface area contributed by atoms with E-state index in [1.807, 2.05) is 0 Å². The van der Waals surface area contributed by atoms with E-state index in [-0.39, 0.29) is 0 Å². The van der Waals surface area contributed by atoms with Crippen molar-refractivity contribution in [3.05, 3.63) is 0 Å². The molecule has 0 aromatic heterocycles. The first-order valence-electron chi connectivity index (χ1n) is 11.6. The van der Waals surface area contributed by atoms with Gasteiger partial charge in [-0.3, -0.25) is 0 Å². The Morgan fingerprint density at radius 2 is 1.57 bits per heavy atom. The second-order valence-electron chi connectivity index (χ2n) is 9.05. The van der Waals surface area contributed by atoms with E-state index in [9.17, 15) is 13.0 Å². The van der Waals surface area contributed by atoms with Crippen LogP contribution in [0.15, 0.2) is 0 Å². The van der Waals surface area contributed by atoms with Crippen LogP contribution in [0.4, 0.5) is 0 Å². The number of rotatable bonds is 17. The number of methoxy groups -OCH3 is 1. The Balaban J connectivity index is 2.27. The summed E-state index contributed by atoms with van der Waals surface area (Å²) in [5.74, 6) is 0. The molecule has 1 saturated heterocycles. The van der Waals surface area contributed by atoms with Gasteiger partial charge in [0.05, 0.1) is 42.1 Å². The molecule has 1 fully saturated rings. The average molecular weight is 420 g/mol. The molecule has 168 valence electrons. The zero-order chi connectivity index (χ0) is 20.9. The molecular weight excluding hydrogens is 374 g/mol. The van der Waals surface area contributed by atoms with Gasteiger partial charge in [-0.05, 0) is 6.42 Å². The van der Waals surface area contributed by atoms with E-state index < -0.39 is 15.4 Å². The van der Waals surface area contributed by atoms with Gasteiger partial charge in [-0.1, -0.05) is 71.1 Å². The van der Waals surface area contributed by atoms with Gasteiger partial charge in [-0.25, -0.2) is 8.42 Å². The number of hydrogen-bond donors (Lipinski definition) is 0. The SMILES string of the molecule is CCCCCCCCCCCCC(CC[N+]1(C)CCC[C@H]1COC)S(=O)(=O)[O-]. The third-order valence-electron chi connectivity index (χ3n) is 6.70. The number of unbranched alkanes of at least 4 members (excludes halogenated alkanes) is 9. The topological polar surface area (TPSA) is 66.4 Å². The predicted molar refractivity (Wildman–Crippen MR) is 115 cm³/mol. The van der Waals surface area contributed by atoms with Crippen LogP contribution in [0.25, 0.3) is 0 Å². The van der Waals surface area contributed by atoms with E-state index in [1.54, 1.807) is 7.11 Å². The fourth-order valence-corrected chi connectivity index (χ4v) is 5.51. The maximum Gasteiger partial charge on any atom is 0.113 e. The van der Waals surface area contributed by atoms with Gasteiger partial charge in [0, 0.05) is 26.4 Å². The van der Waals surface area contributed by atoms with Crippen LogP contribution in [0.2, 0.25) is 0 Å². The molecule has 6 heteroatoms. The first-order chi connectivity index (χ1) is 13.3. The molecule has 0 saturated carbocycles. The minimum Gasteiger partial charge on any atom is -0.748 e. The minimum absolute atomic E-state index is 0.428. The number of quaternary nitrogens is 1. The summed E-state index contributed by atoms with van der Waals surface area (Å²) in [4.78, 5) is 0. The van der Waals surface area contributed by atoms with Crippen molar-refractivity contribution in [3.8, 4) is 0 Å². The lowest BCUT2D eigenvalue weighted by atomic mass is 10.0. The third-order valence-corrected chi connectivity index (χ3v) is 7.98. The second kappa shape index (κ2) is 13.9. The lowest BCUT2D eigenvalue weighted by Gasteiger charge is -2.37. The Bertz CT molecular complexity index is 497. The zero-order valence-corrected chi connectivity index (χ0v) is 19.5. The fraction of sp³-hybridized carbons (Fsp3) is 1.00. The van der Waals surface area contributed by atoms with Crippen LogP contribution in [0.1, 0.15) is 96.8 Å².